The van der Waals surface area contributed by atoms with Crippen molar-refractivity contribution in [3.8, 4) is 0 Å². The lowest BCUT2D eigenvalue weighted by atomic mass is 10.1. The Balaban J connectivity index is 1.51. The standard InChI is InChI=1S/C16H21N3O2/c20-15(18-16(21)12-4-2-1-3-5-12)11-19-9-8-13-6-7-14(10-19)17-13/h1-5,13-14,17H,6-11H2,(H,18,20,21). The van der Waals surface area contributed by atoms with Crippen LogP contribution in [-0.4, -0.2) is 48.4 Å². The number of amides is 2. The summed E-state index contributed by atoms with van der Waals surface area (Å²) in [5.41, 5.74) is 0.516. The molecule has 21 heavy (non-hydrogen) atoms. The Labute approximate surface area is 124 Å². The zero-order chi connectivity index (χ0) is 14.7. The van der Waals surface area contributed by atoms with Gasteiger partial charge in [-0.2, -0.15) is 0 Å². The maximum atomic E-state index is 12.0. The van der Waals surface area contributed by atoms with Crippen molar-refractivity contribution in [2.24, 2.45) is 0 Å². The fourth-order valence-corrected chi connectivity index (χ4v) is 3.19. The monoisotopic (exact) mass is 287 g/mol. The molecule has 2 amide bonds. The van der Waals surface area contributed by atoms with E-state index >= 15 is 0 Å². The largest absolute Gasteiger partial charge is 0.310 e. The number of rotatable bonds is 3. The van der Waals surface area contributed by atoms with Gasteiger partial charge in [-0.25, -0.2) is 0 Å². The number of imide groups is 1. The maximum absolute atomic E-state index is 12.0. The lowest BCUT2D eigenvalue weighted by molar-refractivity contribution is -0.121. The molecule has 2 aliphatic rings. The molecule has 2 bridgehead atoms. The normalized spacial score (nSPS) is 25.3. The highest BCUT2D eigenvalue weighted by Gasteiger charge is 2.29. The highest BCUT2D eigenvalue weighted by atomic mass is 16.2. The van der Waals surface area contributed by atoms with E-state index in [-0.39, 0.29) is 11.8 Å². The minimum Gasteiger partial charge on any atom is -0.310 e. The van der Waals surface area contributed by atoms with Crippen molar-refractivity contribution in [2.75, 3.05) is 19.6 Å². The summed E-state index contributed by atoms with van der Waals surface area (Å²) < 4.78 is 0. The summed E-state index contributed by atoms with van der Waals surface area (Å²) in [7, 11) is 0. The van der Waals surface area contributed by atoms with Crippen LogP contribution in [0.2, 0.25) is 0 Å². The molecule has 0 spiro atoms. The van der Waals surface area contributed by atoms with E-state index in [9.17, 15) is 9.59 Å². The second-order valence-corrected chi connectivity index (χ2v) is 5.90. The van der Waals surface area contributed by atoms with Crippen LogP contribution < -0.4 is 10.6 Å². The van der Waals surface area contributed by atoms with Gasteiger partial charge in [0.05, 0.1) is 6.54 Å². The van der Waals surface area contributed by atoms with Gasteiger partial charge in [0.2, 0.25) is 5.91 Å². The lowest BCUT2D eigenvalue weighted by Crippen LogP contribution is -2.43. The van der Waals surface area contributed by atoms with Crippen LogP contribution in [0.15, 0.2) is 30.3 Å². The van der Waals surface area contributed by atoms with Gasteiger partial charge in [-0.15, -0.1) is 0 Å². The van der Waals surface area contributed by atoms with E-state index in [1.807, 2.05) is 6.07 Å². The number of benzene rings is 1. The number of hydrogen-bond donors (Lipinski definition) is 2. The van der Waals surface area contributed by atoms with Crippen LogP contribution >= 0.6 is 0 Å². The van der Waals surface area contributed by atoms with Crippen LogP contribution in [-0.2, 0) is 4.79 Å². The average molecular weight is 287 g/mol. The molecule has 1 aromatic carbocycles. The molecule has 3 rings (SSSR count). The zero-order valence-corrected chi connectivity index (χ0v) is 12.0. The molecule has 2 unspecified atom stereocenters. The molecule has 2 heterocycles. The number of carbonyl (C=O) groups is 2. The summed E-state index contributed by atoms with van der Waals surface area (Å²) in [5.74, 6) is -0.545. The van der Waals surface area contributed by atoms with E-state index in [0.29, 0.717) is 24.2 Å². The highest BCUT2D eigenvalue weighted by molar-refractivity contribution is 6.05. The SMILES string of the molecule is O=C(CN1CCC2CCC(C1)N2)NC(=O)c1ccccc1. The molecule has 0 aliphatic carbocycles. The van der Waals surface area contributed by atoms with Crippen LogP contribution in [0.5, 0.6) is 0 Å². The van der Waals surface area contributed by atoms with Crippen molar-refractivity contribution in [2.45, 2.75) is 31.3 Å². The topological polar surface area (TPSA) is 61.4 Å². The van der Waals surface area contributed by atoms with Gasteiger partial charge >= 0.3 is 0 Å². The van der Waals surface area contributed by atoms with Crippen molar-refractivity contribution in [3.63, 3.8) is 0 Å². The minimum absolute atomic E-state index is 0.221. The van der Waals surface area contributed by atoms with E-state index in [1.165, 1.54) is 12.8 Å². The molecule has 2 saturated heterocycles. The summed E-state index contributed by atoms with van der Waals surface area (Å²) in [6.45, 7) is 2.11. The molecule has 1 aromatic rings. The highest BCUT2D eigenvalue weighted by Crippen LogP contribution is 2.20. The Bertz CT molecular complexity index is 518. The van der Waals surface area contributed by atoms with Gasteiger partial charge < -0.3 is 5.32 Å². The minimum atomic E-state index is -0.324. The van der Waals surface area contributed by atoms with Crippen LogP contribution in [0, 0.1) is 0 Å². The molecule has 0 radical (unpaired) electrons. The van der Waals surface area contributed by atoms with Crippen molar-refractivity contribution in [1.29, 1.82) is 0 Å². The Morgan fingerprint density at radius 1 is 1.14 bits per heavy atom. The molecular formula is C16H21N3O2. The van der Waals surface area contributed by atoms with E-state index in [0.717, 1.165) is 19.5 Å². The van der Waals surface area contributed by atoms with Crippen molar-refractivity contribution in [3.05, 3.63) is 35.9 Å². The molecule has 2 aliphatic heterocycles. The average Bonchev–Trinajstić information content (AvgIpc) is 2.82. The molecule has 112 valence electrons. The van der Waals surface area contributed by atoms with Gasteiger partial charge in [-0.1, -0.05) is 18.2 Å². The van der Waals surface area contributed by atoms with E-state index in [4.69, 9.17) is 0 Å². The van der Waals surface area contributed by atoms with E-state index < -0.39 is 0 Å². The number of fused-ring (bicyclic) bond motifs is 2. The Hall–Kier alpha value is -1.72. The van der Waals surface area contributed by atoms with Gasteiger partial charge in [0.15, 0.2) is 0 Å². The summed E-state index contributed by atoms with van der Waals surface area (Å²) in [6, 6.07) is 9.93. The van der Waals surface area contributed by atoms with Gasteiger partial charge in [-0.3, -0.25) is 19.8 Å². The Morgan fingerprint density at radius 3 is 2.71 bits per heavy atom. The first kappa shape index (κ1) is 14.2. The first-order chi connectivity index (χ1) is 10.2. The van der Waals surface area contributed by atoms with Gasteiger partial charge in [0.25, 0.3) is 5.91 Å². The number of hydrogen-bond acceptors (Lipinski definition) is 4. The smallest absolute Gasteiger partial charge is 0.257 e. The van der Waals surface area contributed by atoms with E-state index in [1.54, 1.807) is 24.3 Å². The van der Waals surface area contributed by atoms with Crippen molar-refractivity contribution in [1.82, 2.24) is 15.5 Å². The van der Waals surface area contributed by atoms with Crippen molar-refractivity contribution < 1.29 is 9.59 Å². The third kappa shape index (κ3) is 3.68. The summed E-state index contributed by atoms with van der Waals surface area (Å²) >= 11 is 0. The first-order valence-electron chi connectivity index (χ1n) is 7.58. The van der Waals surface area contributed by atoms with Gasteiger partial charge in [-0.05, 0) is 31.4 Å². The summed E-state index contributed by atoms with van der Waals surface area (Å²) in [4.78, 5) is 26.1. The predicted molar refractivity (Wildman–Crippen MR) is 79.9 cm³/mol. The molecule has 2 atom stereocenters. The third-order valence-corrected chi connectivity index (χ3v) is 4.26. The van der Waals surface area contributed by atoms with Crippen LogP contribution in [0.25, 0.3) is 0 Å². The second kappa shape index (κ2) is 6.37. The van der Waals surface area contributed by atoms with Crippen LogP contribution in [0.1, 0.15) is 29.6 Å². The van der Waals surface area contributed by atoms with Crippen molar-refractivity contribution >= 4 is 11.8 Å². The lowest BCUT2D eigenvalue weighted by Gasteiger charge is -2.23. The molecule has 5 heteroatoms. The summed E-state index contributed by atoms with van der Waals surface area (Å²) in [6.07, 6.45) is 3.51. The summed E-state index contributed by atoms with van der Waals surface area (Å²) in [5, 5.41) is 6.05. The second-order valence-electron chi connectivity index (χ2n) is 5.90. The zero-order valence-electron chi connectivity index (χ0n) is 12.0. The van der Waals surface area contributed by atoms with Gasteiger partial charge in [0.1, 0.15) is 0 Å². The number of nitrogens with zero attached hydrogens (tertiary/aromatic N) is 1. The van der Waals surface area contributed by atoms with E-state index in [2.05, 4.69) is 15.5 Å². The quantitative estimate of drug-likeness (QED) is 0.862. The fourth-order valence-electron chi connectivity index (χ4n) is 3.19. The first-order valence-corrected chi connectivity index (χ1v) is 7.58. The Kier molecular flexibility index (Phi) is 4.31. The number of likely N-dealkylation sites (tertiary alicyclic amines) is 1. The maximum Gasteiger partial charge on any atom is 0.257 e. The molecule has 2 fully saturated rings. The molecule has 5 nitrogen and oxygen atoms in total. The predicted octanol–water partition coefficient (Wildman–Crippen LogP) is 0.769. The number of carbonyl (C=O) groups excluding carboxylic acids is 2. The molecule has 0 aromatic heterocycles. The fraction of sp³-hybridized carbons (Fsp3) is 0.500. The molecule has 0 saturated carbocycles. The Morgan fingerprint density at radius 2 is 1.90 bits per heavy atom. The molecular weight excluding hydrogens is 266 g/mol. The molecule has 2 N–H and O–H groups in total. The van der Waals surface area contributed by atoms with Crippen LogP contribution in [0.4, 0.5) is 0 Å². The van der Waals surface area contributed by atoms with Crippen LogP contribution in [0.3, 0.4) is 0 Å². The third-order valence-electron chi connectivity index (χ3n) is 4.26. The number of nitrogens with one attached hydrogen (secondary N) is 2. The van der Waals surface area contributed by atoms with Gasteiger partial charge in [0, 0.05) is 30.7 Å².